The Balaban J connectivity index is 2.23. The number of amidine groups is 1. The first kappa shape index (κ1) is 11.9. The topological polar surface area (TPSA) is 66.0 Å². The summed E-state index contributed by atoms with van der Waals surface area (Å²) in [6.45, 7) is 3.11. The lowest BCUT2D eigenvalue weighted by Crippen LogP contribution is -2.33. The van der Waals surface area contributed by atoms with Gasteiger partial charge >= 0.3 is 0 Å². The maximum atomic E-state index is 7.47. The van der Waals surface area contributed by atoms with Crippen molar-refractivity contribution in [1.29, 1.82) is 5.41 Å². The zero-order valence-electron chi connectivity index (χ0n) is 10.3. The number of rotatable bonds is 4. The van der Waals surface area contributed by atoms with Gasteiger partial charge < -0.3 is 10.6 Å². The third-order valence-corrected chi connectivity index (χ3v) is 3.46. The second-order valence-electron chi connectivity index (χ2n) is 4.54. The number of hydrogen-bond donors (Lipinski definition) is 2. The smallest absolute Gasteiger partial charge is 0.129 e. The molecule has 4 heteroatoms. The van der Waals surface area contributed by atoms with E-state index in [1.54, 1.807) is 12.3 Å². The zero-order chi connectivity index (χ0) is 12.3. The number of anilines is 1. The van der Waals surface area contributed by atoms with Crippen molar-refractivity contribution in [3.05, 3.63) is 23.9 Å². The normalized spacial score (nSPS) is 16.1. The Morgan fingerprint density at radius 2 is 2.24 bits per heavy atom. The van der Waals surface area contributed by atoms with Crippen LogP contribution in [0, 0.1) is 5.41 Å². The monoisotopic (exact) mass is 232 g/mol. The van der Waals surface area contributed by atoms with Crippen LogP contribution in [0.2, 0.25) is 0 Å². The van der Waals surface area contributed by atoms with Gasteiger partial charge in [0.25, 0.3) is 0 Å². The molecular formula is C13H20N4. The molecule has 3 N–H and O–H groups in total. The minimum absolute atomic E-state index is 0.108. The summed E-state index contributed by atoms with van der Waals surface area (Å²) in [7, 11) is 0. The van der Waals surface area contributed by atoms with Gasteiger partial charge in [-0.2, -0.15) is 0 Å². The first-order valence-corrected chi connectivity index (χ1v) is 6.29. The van der Waals surface area contributed by atoms with E-state index >= 15 is 0 Å². The molecule has 1 aromatic rings. The van der Waals surface area contributed by atoms with Gasteiger partial charge in [-0.25, -0.2) is 4.98 Å². The lowest BCUT2D eigenvalue weighted by atomic mass is 10.2. The SMILES string of the molecule is CCN(c1cc(C(=N)N)ccn1)C1CCCC1. The van der Waals surface area contributed by atoms with Crippen LogP contribution in [0.3, 0.4) is 0 Å². The van der Waals surface area contributed by atoms with Gasteiger partial charge in [0.1, 0.15) is 11.7 Å². The van der Waals surface area contributed by atoms with Gasteiger partial charge in [0.15, 0.2) is 0 Å². The fraction of sp³-hybridized carbons (Fsp3) is 0.538. The van der Waals surface area contributed by atoms with Crippen LogP contribution in [0.25, 0.3) is 0 Å². The molecular weight excluding hydrogens is 212 g/mol. The summed E-state index contributed by atoms with van der Waals surface area (Å²) in [5, 5.41) is 7.47. The molecule has 0 aliphatic heterocycles. The van der Waals surface area contributed by atoms with E-state index in [-0.39, 0.29) is 5.84 Å². The van der Waals surface area contributed by atoms with Gasteiger partial charge in [-0.3, -0.25) is 5.41 Å². The molecule has 1 heterocycles. The summed E-state index contributed by atoms with van der Waals surface area (Å²) in [6.07, 6.45) is 6.87. The number of pyridine rings is 1. The number of nitrogen functional groups attached to an aromatic ring is 1. The summed E-state index contributed by atoms with van der Waals surface area (Å²) in [5.41, 5.74) is 6.27. The quantitative estimate of drug-likeness (QED) is 0.617. The molecule has 0 saturated heterocycles. The van der Waals surface area contributed by atoms with Crippen molar-refractivity contribution in [3.8, 4) is 0 Å². The number of nitrogens with zero attached hydrogens (tertiary/aromatic N) is 2. The van der Waals surface area contributed by atoms with Crippen LogP contribution in [0.5, 0.6) is 0 Å². The molecule has 1 aliphatic carbocycles. The third kappa shape index (κ3) is 2.57. The van der Waals surface area contributed by atoms with E-state index < -0.39 is 0 Å². The highest BCUT2D eigenvalue weighted by molar-refractivity contribution is 5.95. The van der Waals surface area contributed by atoms with Crippen LogP contribution in [0.1, 0.15) is 38.2 Å². The summed E-state index contributed by atoms with van der Waals surface area (Å²) < 4.78 is 0. The Labute approximate surface area is 102 Å². The number of aromatic nitrogens is 1. The average Bonchev–Trinajstić information content (AvgIpc) is 2.84. The molecule has 0 amide bonds. The molecule has 1 saturated carbocycles. The lowest BCUT2D eigenvalue weighted by Gasteiger charge is -2.29. The van der Waals surface area contributed by atoms with Gasteiger partial charge in [-0.05, 0) is 31.9 Å². The Hall–Kier alpha value is -1.58. The van der Waals surface area contributed by atoms with Crippen molar-refractivity contribution in [3.63, 3.8) is 0 Å². The van der Waals surface area contributed by atoms with E-state index in [1.165, 1.54) is 25.7 Å². The van der Waals surface area contributed by atoms with Gasteiger partial charge in [0.05, 0.1) is 0 Å². The zero-order valence-corrected chi connectivity index (χ0v) is 10.3. The number of nitrogens with two attached hydrogens (primary N) is 1. The summed E-state index contributed by atoms with van der Waals surface area (Å²) >= 11 is 0. The molecule has 1 aromatic heterocycles. The summed E-state index contributed by atoms with van der Waals surface area (Å²) in [5.74, 6) is 1.06. The molecule has 2 rings (SSSR count). The molecule has 0 spiro atoms. The predicted octanol–water partition coefficient (Wildman–Crippen LogP) is 2.13. The fourth-order valence-electron chi connectivity index (χ4n) is 2.57. The van der Waals surface area contributed by atoms with E-state index in [9.17, 15) is 0 Å². The van der Waals surface area contributed by atoms with Crippen molar-refractivity contribution in [2.45, 2.75) is 38.6 Å². The molecule has 0 radical (unpaired) electrons. The van der Waals surface area contributed by atoms with Crippen molar-refractivity contribution in [2.24, 2.45) is 5.73 Å². The van der Waals surface area contributed by atoms with Gasteiger partial charge in [0, 0.05) is 24.3 Å². The Kier molecular flexibility index (Phi) is 3.61. The van der Waals surface area contributed by atoms with Crippen molar-refractivity contribution >= 4 is 11.7 Å². The summed E-state index contributed by atoms with van der Waals surface area (Å²) in [6, 6.07) is 4.31. The largest absolute Gasteiger partial charge is 0.384 e. The molecule has 1 aliphatic rings. The van der Waals surface area contributed by atoms with Gasteiger partial charge in [-0.1, -0.05) is 12.8 Å². The molecule has 17 heavy (non-hydrogen) atoms. The maximum Gasteiger partial charge on any atom is 0.129 e. The van der Waals surface area contributed by atoms with E-state index in [0.29, 0.717) is 6.04 Å². The molecule has 0 unspecified atom stereocenters. The average molecular weight is 232 g/mol. The Morgan fingerprint density at radius 3 is 2.82 bits per heavy atom. The minimum Gasteiger partial charge on any atom is -0.384 e. The number of nitrogens with one attached hydrogen (secondary N) is 1. The highest BCUT2D eigenvalue weighted by Gasteiger charge is 2.22. The highest BCUT2D eigenvalue weighted by Crippen LogP contribution is 2.27. The first-order chi connectivity index (χ1) is 8.22. The van der Waals surface area contributed by atoms with Crippen LogP contribution in [-0.2, 0) is 0 Å². The van der Waals surface area contributed by atoms with Crippen LogP contribution in [0.15, 0.2) is 18.3 Å². The highest BCUT2D eigenvalue weighted by atomic mass is 15.2. The molecule has 0 bridgehead atoms. The molecule has 92 valence electrons. The second-order valence-corrected chi connectivity index (χ2v) is 4.54. The van der Waals surface area contributed by atoms with Crippen molar-refractivity contribution in [2.75, 3.05) is 11.4 Å². The van der Waals surface area contributed by atoms with Gasteiger partial charge in [-0.15, -0.1) is 0 Å². The standard InChI is InChI=1S/C13H20N4/c1-2-17(11-5-3-4-6-11)12-9-10(13(14)15)7-8-16-12/h7-9,11H,2-6H2,1H3,(H3,14,15). The third-order valence-electron chi connectivity index (χ3n) is 3.46. The Morgan fingerprint density at radius 1 is 1.53 bits per heavy atom. The predicted molar refractivity (Wildman–Crippen MR) is 70.5 cm³/mol. The Bertz CT molecular complexity index is 396. The molecule has 1 fully saturated rings. The fourth-order valence-corrected chi connectivity index (χ4v) is 2.57. The number of hydrogen-bond acceptors (Lipinski definition) is 3. The van der Waals surface area contributed by atoms with Crippen molar-refractivity contribution < 1.29 is 0 Å². The molecule has 0 atom stereocenters. The summed E-state index contributed by atoms with van der Waals surface area (Å²) in [4.78, 5) is 6.74. The van der Waals surface area contributed by atoms with Crippen LogP contribution in [-0.4, -0.2) is 23.4 Å². The lowest BCUT2D eigenvalue weighted by molar-refractivity contribution is 0.613. The van der Waals surface area contributed by atoms with Crippen LogP contribution < -0.4 is 10.6 Å². The van der Waals surface area contributed by atoms with Crippen LogP contribution >= 0.6 is 0 Å². The van der Waals surface area contributed by atoms with E-state index in [2.05, 4.69) is 16.8 Å². The van der Waals surface area contributed by atoms with Gasteiger partial charge in [0.2, 0.25) is 0 Å². The molecule has 4 nitrogen and oxygen atoms in total. The van der Waals surface area contributed by atoms with Crippen molar-refractivity contribution in [1.82, 2.24) is 4.98 Å². The van der Waals surface area contributed by atoms with Crippen LogP contribution in [0.4, 0.5) is 5.82 Å². The first-order valence-electron chi connectivity index (χ1n) is 6.29. The van der Waals surface area contributed by atoms with E-state index in [1.807, 2.05) is 6.07 Å². The van der Waals surface area contributed by atoms with E-state index in [0.717, 1.165) is 17.9 Å². The maximum absolute atomic E-state index is 7.47. The van der Waals surface area contributed by atoms with E-state index in [4.69, 9.17) is 11.1 Å². The minimum atomic E-state index is 0.108. The molecule has 0 aromatic carbocycles. The second kappa shape index (κ2) is 5.17.